The first-order valence-electron chi connectivity index (χ1n) is 20.5. The van der Waals surface area contributed by atoms with Crippen LogP contribution in [0, 0.1) is 0 Å². The van der Waals surface area contributed by atoms with Crippen molar-refractivity contribution in [2.45, 2.75) is 83.4 Å². The largest absolute Gasteiger partial charge is 0.493 e. The first kappa shape index (κ1) is 43.3. The van der Waals surface area contributed by atoms with Gasteiger partial charge in [0, 0.05) is 48.9 Å². The molecule has 2 atom stereocenters. The van der Waals surface area contributed by atoms with Gasteiger partial charge in [-0.05, 0) is 103 Å². The molecule has 7 rings (SSSR count). The highest BCUT2D eigenvalue weighted by Gasteiger charge is 2.36. The van der Waals surface area contributed by atoms with Crippen molar-refractivity contribution < 1.29 is 28.5 Å². The lowest BCUT2D eigenvalue weighted by Gasteiger charge is -2.28. The molecule has 0 unspecified atom stereocenters. The Kier molecular flexibility index (Phi) is 13.6. The Morgan fingerprint density at radius 3 is 1.73 bits per heavy atom. The molecule has 2 fully saturated rings. The maximum Gasteiger partial charge on any atom is 0.257 e. The summed E-state index contributed by atoms with van der Waals surface area (Å²) in [6.07, 6.45) is 13.3. The molecule has 0 spiro atoms. The van der Waals surface area contributed by atoms with Crippen LogP contribution in [-0.2, 0) is 19.6 Å². The minimum atomic E-state index is -0.0787. The standard InChI is InChI=1S/C46H56N6O6S2/c1-9-29-16-34-22-47-38-20-42(40(55-6)18-36(38)44(53)51(34)24-29)57-26-32-14-31(12-11-13-50(5)28-46(3,4)60-59-8)15-33(49-32)27-58-43-21-39-37(19-41(43)56-7)45(54)52-25-30(10-2)17-35(52)23-48-39/h9-10,14-15,18-23,34-35H,11-13,16-17,24-28H2,1-8H3/t34-,35-/m0/s1. The molecule has 2 amide bonds. The second kappa shape index (κ2) is 18.9. The number of aryl methyl sites for hydroxylation is 1. The first-order valence-corrected chi connectivity index (χ1v) is 23.1. The summed E-state index contributed by atoms with van der Waals surface area (Å²) >= 11 is 0. The number of allylic oxidation sites excluding steroid dienone is 2. The summed E-state index contributed by atoms with van der Waals surface area (Å²) in [6.45, 7) is 12.0. The van der Waals surface area contributed by atoms with Crippen molar-refractivity contribution in [3.63, 3.8) is 0 Å². The number of hydrogen-bond donors (Lipinski definition) is 0. The minimum Gasteiger partial charge on any atom is -0.493 e. The van der Waals surface area contributed by atoms with Crippen LogP contribution in [0.15, 0.2) is 69.7 Å². The third-order valence-electron chi connectivity index (χ3n) is 11.3. The highest BCUT2D eigenvalue weighted by Crippen LogP contribution is 2.41. The summed E-state index contributed by atoms with van der Waals surface area (Å²) < 4.78 is 24.5. The fourth-order valence-electron chi connectivity index (χ4n) is 8.38. The summed E-state index contributed by atoms with van der Waals surface area (Å²) in [6, 6.07) is 11.0. The molecule has 1 aromatic heterocycles. The lowest BCUT2D eigenvalue weighted by molar-refractivity contribution is 0.0769. The average Bonchev–Trinajstić information content (AvgIpc) is 3.80. The molecule has 2 saturated heterocycles. The van der Waals surface area contributed by atoms with Gasteiger partial charge in [0.2, 0.25) is 0 Å². The maximum atomic E-state index is 13.7. The van der Waals surface area contributed by atoms with E-state index in [-0.39, 0.29) is 41.9 Å². The smallest absolute Gasteiger partial charge is 0.257 e. The van der Waals surface area contributed by atoms with Gasteiger partial charge in [0.15, 0.2) is 23.0 Å². The number of ether oxygens (including phenoxy) is 4. The number of aromatic nitrogens is 1. The van der Waals surface area contributed by atoms with E-state index in [2.05, 4.69) is 56.3 Å². The van der Waals surface area contributed by atoms with E-state index >= 15 is 0 Å². The number of carbonyl (C=O) groups excluding carboxylic acids is 2. The molecule has 60 heavy (non-hydrogen) atoms. The second-order valence-corrected chi connectivity index (χ2v) is 19.4. The third kappa shape index (κ3) is 9.71. The maximum absolute atomic E-state index is 13.7. The predicted molar refractivity (Wildman–Crippen MR) is 243 cm³/mol. The zero-order valence-electron chi connectivity index (χ0n) is 35.9. The number of fused-ring (bicyclic) bond motifs is 4. The Morgan fingerprint density at radius 2 is 1.28 bits per heavy atom. The van der Waals surface area contributed by atoms with Crippen LogP contribution in [-0.4, -0.2) is 114 Å². The van der Waals surface area contributed by atoms with E-state index in [4.69, 9.17) is 33.9 Å². The van der Waals surface area contributed by atoms with Crippen LogP contribution in [0.2, 0.25) is 0 Å². The van der Waals surface area contributed by atoms with Crippen LogP contribution in [0.1, 0.15) is 84.6 Å². The number of nitrogens with zero attached hydrogens (tertiary/aromatic N) is 6. The Hall–Kier alpha value is -4.79. The zero-order valence-corrected chi connectivity index (χ0v) is 37.6. The Morgan fingerprint density at radius 1 is 0.783 bits per heavy atom. The molecule has 3 aromatic rings. The van der Waals surface area contributed by atoms with E-state index in [0.717, 1.165) is 55.7 Å². The van der Waals surface area contributed by atoms with Crippen molar-refractivity contribution in [1.82, 2.24) is 19.7 Å². The molecule has 318 valence electrons. The molecule has 12 nitrogen and oxygen atoms in total. The normalized spacial score (nSPS) is 19.7. The van der Waals surface area contributed by atoms with Gasteiger partial charge in [0.25, 0.3) is 11.8 Å². The highest BCUT2D eigenvalue weighted by atomic mass is 33.1. The summed E-state index contributed by atoms with van der Waals surface area (Å²) in [5, 5.41) is 0. The third-order valence-corrected chi connectivity index (χ3v) is 13.9. The number of methoxy groups -OCH3 is 2. The zero-order chi connectivity index (χ0) is 42.6. The molecule has 0 radical (unpaired) electrons. The molecular weight excluding hydrogens is 797 g/mol. The number of carbonyl (C=O) groups is 2. The van der Waals surface area contributed by atoms with Crippen LogP contribution in [0.4, 0.5) is 11.4 Å². The van der Waals surface area contributed by atoms with Gasteiger partial charge in [0.05, 0.1) is 60.2 Å². The fraction of sp³-hybridized carbons (Fsp3) is 0.457. The summed E-state index contributed by atoms with van der Waals surface area (Å²) in [4.78, 5) is 47.9. The van der Waals surface area contributed by atoms with Crippen LogP contribution >= 0.6 is 21.6 Å². The van der Waals surface area contributed by atoms with E-state index in [9.17, 15) is 9.59 Å². The van der Waals surface area contributed by atoms with Crippen LogP contribution in [0.25, 0.3) is 0 Å². The molecule has 2 aromatic carbocycles. The molecule has 0 N–H and O–H groups in total. The van der Waals surface area contributed by atoms with Gasteiger partial charge in [-0.25, -0.2) is 0 Å². The average molecular weight is 853 g/mol. The lowest BCUT2D eigenvalue weighted by atomic mass is 10.1. The topological polar surface area (TPSA) is 118 Å². The fourth-order valence-corrected chi connectivity index (χ4v) is 10.6. The van der Waals surface area contributed by atoms with Crippen molar-refractivity contribution in [2.75, 3.05) is 53.7 Å². The molecule has 0 aliphatic carbocycles. The Balaban J connectivity index is 1.12. The second-order valence-electron chi connectivity index (χ2n) is 16.3. The van der Waals surface area contributed by atoms with Gasteiger partial charge in [-0.2, -0.15) is 0 Å². The first-order chi connectivity index (χ1) is 28.9. The number of hydrogen-bond acceptors (Lipinski definition) is 12. The Labute approximate surface area is 361 Å². The van der Waals surface area contributed by atoms with Gasteiger partial charge in [-0.3, -0.25) is 24.6 Å². The van der Waals surface area contributed by atoms with Gasteiger partial charge < -0.3 is 33.6 Å². The quantitative estimate of drug-likeness (QED) is 0.102. The van der Waals surface area contributed by atoms with Crippen molar-refractivity contribution in [3.8, 4) is 23.0 Å². The number of aliphatic imine (C=N–C) groups is 2. The van der Waals surface area contributed by atoms with E-state index in [0.29, 0.717) is 58.6 Å². The molecule has 0 saturated carbocycles. The summed E-state index contributed by atoms with van der Waals surface area (Å²) in [5.74, 6) is 1.71. The van der Waals surface area contributed by atoms with Crippen LogP contribution in [0.5, 0.6) is 23.0 Å². The highest BCUT2D eigenvalue weighted by molar-refractivity contribution is 8.77. The molecule has 4 aliphatic heterocycles. The minimum absolute atomic E-state index is 0.0710. The summed E-state index contributed by atoms with van der Waals surface area (Å²) in [7, 11) is 9.02. The van der Waals surface area contributed by atoms with Crippen LogP contribution < -0.4 is 18.9 Å². The van der Waals surface area contributed by atoms with Gasteiger partial charge in [-0.1, -0.05) is 44.9 Å². The van der Waals surface area contributed by atoms with E-state index in [1.807, 2.05) is 46.9 Å². The van der Waals surface area contributed by atoms with E-state index in [1.165, 1.54) is 11.1 Å². The predicted octanol–water partition coefficient (Wildman–Crippen LogP) is 8.66. The van der Waals surface area contributed by atoms with Gasteiger partial charge >= 0.3 is 0 Å². The molecule has 4 aliphatic rings. The van der Waals surface area contributed by atoms with Gasteiger partial charge in [0.1, 0.15) is 13.2 Å². The molecule has 0 bridgehead atoms. The number of benzene rings is 2. The lowest BCUT2D eigenvalue weighted by Crippen LogP contribution is -2.35. The monoisotopic (exact) mass is 852 g/mol. The molecular formula is C46H56N6O6S2. The van der Waals surface area contributed by atoms with Crippen LogP contribution in [0.3, 0.4) is 0 Å². The van der Waals surface area contributed by atoms with E-state index in [1.54, 1.807) is 49.3 Å². The van der Waals surface area contributed by atoms with Crippen molar-refractivity contribution >= 4 is 57.2 Å². The number of rotatable bonds is 16. The molecule has 5 heterocycles. The van der Waals surface area contributed by atoms with Crippen molar-refractivity contribution in [3.05, 3.63) is 87.8 Å². The summed E-state index contributed by atoms with van der Waals surface area (Å²) in [5.41, 5.74) is 7.08. The Bertz CT molecular complexity index is 2100. The van der Waals surface area contributed by atoms with Crippen molar-refractivity contribution in [1.29, 1.82) is 0 Å². The number of amides is 2. The van der Waals surface area contributed by atoms with Gasteiger partial charge in [-0.15, -0.1) is 0 Å². The van der Waals surface area contributed by atoms with E-state index < -0.39 is 0 Å². The number of pyridine rings is 1. The van der Waals surface area contributed by atoms with Crippen molar-refractivity contribution in [2.24, 2.45) is 9.98 Å². The molecule has 14 heteroatoms. The SMILES string of the molecule is CC=C1C[C@H]2C=Nc3cc(OCc4cc(CCCN(C)CC(C)(C)SSC)cc(COc5cc6c(cc5OC)C(=O)N5CC(=CC)C[C@H]5C=N6)n4)c(OC)cc3C(=O)N2C1.